The highest BCUT2D eigenvalue weighted by Gasteiger charge is 2.19. The fourth-order valence-corrected chi connectivity index (χ4v) is 3.18. The van der Waals surface area contributed by atoms with E-state index in [0.29, 0.717) is 16.7 Å². The van der Waals surface area contributed by atoms with Gasteiger partial charge < -0.3 is 15.2 Å². The van der Waals surface area contributed by atoms with Crippen molar-refractivity contribution in [3.8, 4) is 5.75 Å². The number of carbonyl (C=O) groups excluding carboxylic acids is 1. The Bertz CT molecular complexity index is 636. The summed E-state index contributed by atoms with van der Waals surface area (Å²) >= 11 is 1.44. The Morgan fingerprint density at radius 2 is 2.23 bits per heavy atom. The SMILES string of the molecule is O=C(Cc1ccc(O)cn1)Nc1nc(C2CCOCC2)cs1. The van der Waals surface area contributed by atoms with Crippen LogP contribution >= 0.6 is 11.3 Å². The van der Waals surface area contributed by atoms with Crippen molar-refractivity contribution >= 4 is 22.4 Å². The van der Waals surface area contributed by atoms with E-state index in [4.69, 9.17) is 4.74 Å². The molecule has 0 saturated carbocycles. The minimum Gasteiger partial charge on any atom is -0.506 e. The lowest BCUT2D eigenvalue weighted by Crippen LogP contribution is -2.16. The van der Waals surface area contributed by atoms with Crippen LogP contribution in [0, 0.1) is 0 Å². The second kappa shape index (κ2) is 6.85. The number of nitrogens with zero attached hydrogens (tertiary/aromatic N) is 2. The molecule has 0 bridgehead atoms. The molecule has 1 fully saturated rings. The number of pyridine rings is 1. The highest BCUT2D eigenvalue weighted by atomic mass is 32.1. The molecule has 1 aliphatic rings. The lowest BCUT2D eigenvalue weighted by molar-refractivity contribution is -0.115. The van der Waals surface area contributed by atoms with Crippen LogP contribution in [0.3, 0.4) is 0 Å². The number of anilines is 1. The summed E-state index contributed by atoms with van der Waals surface area (Å²) in [4.78, 5) is 20.5. The Morgan fingerprint density at radius 3 is 2.95 bits per heavy atom. The zero-order valence-corrected chi connectivity index (χ0v) is 12.8. The largest absolute Gasteiger partial charge is 0.506 e. The molecule has 116 valence electrons. The van der Waals surface area contributed by atoms with Gasteiger partial charge in [-0.1, -0.05) is 0 Å². The molecule has 6 nitrogen and oxygen atoms in total. The first-order valence-corrected chi connectivity index (χ1v) is 8.05. The molecule has 1 aliphatic heterocycles. The Morgan fingerprint density at radius 1 is 1.41 bits per heavy atom. The van der Waals surface area contributed by atoms with Crippen molar-refractivity contribution in [3.05, 3.63) is 35.1 Å². The zero-order valence-electron chi connectivity index (χ0n) is 12.0. The molecule has 0 spiro atoms. The molecule has 0 aromatic carbocycles. The fourth-order valence-electron chi connectivity index (χ4n) is 2.37. The molecule has 3 heterocycles. The van der Waals surface area contributed by atoms with Gasteiger partial charge >= 0.3 is 0 Å². The number of ether oxygens (including phenoxy) is 1. The van der Waals surface area contributed by atoms with E-state index in [9.17, 15) is 9.90 Å². The Hall–Kier alpha value is -1.99. The third kappa shape index (κ3) is 3.80. The number of hydrogen-bond donors (Lipinski definition) is 2. The molecule has 0 atom stereocenters. The molecule has 0 aliphatic carbocycles. The minimum atomic E-state index is -0.161. The van der Waals surface area contributed by atoms with Gasteiger partial charge in [0.15, 0.2) is 5.13 Å². The van der Waals surface area contributed by atoms with Crippen molar-refractivity contribution in [2.75, 3.05) is 18.5 Å². The molecule has 22 heavy (non-hydrogen) atoms. The first-order chi connectivity index (χ1) is 10.7. The van der Waals surface area contributed by atoms with E-state index in [1.54, 1.807) is 6.07 Å². The van der Waals surface area contributed by atoms with Crippen LogP contribution in [0.1, 0.15) is 30.1 Å². The number of aromatic nitrogens is 2. The van der Waals surface area contributed by atoms with Gasteiger partial charge in [0.2, 0.25) is 5.91 Å². The highest BCUT2D eigenvalue weighted by molar-refractivity contribution is 7.13. The third-order valence-corrected chi connectivity index (χ3v) is 4.33. The maximum atomic E-state index is 12.0. The van der Waals surface area contributed by atoms with Gasteiger partial charge in [0, 0.05) is 30.2 Å². The summed E-state index contributed by atoms with van der Waals surface area (Å²) in [5.74, 6) is 0.352. The fraction of sp³-hybridized carbons (Fsp3) is 0.400. The molecular formula is C15H17N3O3S. The normalized spacial score (nSPS) is 15.6. The Balaban J connectivity index is 1.57. The highest BCUT2D eigenvalue weighted by Crippen LogP contribution is 2.29. The lowest BCUT2D eigenvalue weighted by Gasteiger charge is -2.19. The molecular weight excluding hydrogens is 302 g/mol. The summed E-state index contributed by atoms with van der Waals surface area (Å²) in [7, 11) is 0. The second-order valence-corrected chi connectivity index (χ2v) is 6.05. The molecule has 3 rings (SSSR count). The zero-order chi connectivity index (χ0) is 15.4. The number of carbonyl (C=O) groups is 1. The average Bonchev–Trinajstić information content (AvgIpc) is 2.99. The van der Waals surface area contributed by atoms with E-state index in [2.05, 4.69) is 15.3 Å². The van der Waals surface area contributed by atoms with Gasteiger partial charge in [0.25, 0.3) is 0 Å². The van der Waals surface area contributed by atoms with Gasteiger partial charge in [-0.2, -0.15) is 0 Å². The van der Waals surface area contributed by atoms with Gasteiger partial charge in [-0.3, -0.25) is 9.78 Å². The smallest absolute Gasteiger partial charge is 0.232 e. The molecule has 0 unspecified atom stereocenters. The van der Waals surface area contributed by atoms with Crippen LogP contribution in [-0.2, 0) is 16.0 Å². The van der Waals surface area contributed by atoms with Gasteiger partial charge in [-0.15, -0.1) is 11.3 Å². The van der Waals surface area contributed by atoms with E-state index in [1.807, 2.05) is 5.38 Å². The van der Waals surface area contributed by atoms with Crippen LogP contribution in [0.15, 0.2) is 23.7 Å². The van der Waals surface area contributed by atoms with Crippen molar-refractivity contribution < 1.29 is 14.6 Å². The maximum absolute atomic E-state index is 12.0. The molecule has 1 saturated heterocycles. The maximum Gasteiger partial charge on any atom is 0.232 e. The Labute approximate surface area is 132 Å². The number of hydrogen-bond acceptors (Lipinski definition) is 6. The summed E-state index contributed by atoms with van der Waals surface area (Å²) in [5.41, 5.74) is 1.64. The van der Waals surface area contributed by atoms with E-state index in [-0.39, 0.29) is 18.1 Å². The number of rotatable bonds is 4. The summed E-state index contributed by atoms with van der Waals surface area (Å²) in [6.45, 7) is 1.55. The second-order valence-electron chi connectivity index (χ2n) is 5.20. The minimum absolute atomic E-state index is 0.0881. The van der Waals surface area contributed by atoms with Crippen molar-refractivity contribution in [1.82, 2.24) is 9.97 Å². The molecule has 1 amide bonds. The number of aromatic hydroxyl groups is 1. The van der Waals surface area contributed by atoms with E-state index < -0.39 is 0 Å². The number of thiazole rings is 1. The first-order valence-electron chi connectivity index (χ1n) is 7.17. The van der Waals surface area contributed by atoms with Crippen molar-refractivity contribution in [1.29, 1.82) is 0 Å². The van der Waals surface area contributed by atoms with Crippen LogP contribution < -0.4 is 5.32 Å². The van der Waals surface area contributed by atoms with E-state index in [0.717, 1.165) is 31.7 Å². The topological polar surface area (TPSA) is 84.3 Å². The summed E-state index contributed by atoms with van der Waals surface area (Å²) in [6.07, 6.45) is 3.45. The van der Waals surface area contributed by atoms with Crippen LogP contribution in [0.2, 0.25) is 0 Å². The monoisotopic (exact) mass is 319 g/mol. The van der Waals surface area contributed by atoms with Gasteiger partial charge in [0.1, 0.15) is 5.75 Å². The molecule has 7 heteroatoms. The van der Waals surface area contributed by atoms with Gasteiger partial charge in [-0.05, 0) is 25.0 Å². The van der Waals surface area contributed by atoms with Crippen molar-refractivity contribution in [2.45, 2.75) is 25.2 Å². The van der Waals surface area contributed by atoms with Crippen LogP contribution in [-0.4, -0.2) is 34.2 Å². The third-order valence-electron chi connectivity index (χ3n) is 3.56. The summed E-state index contributed by atoms with van der Waals surface area (Å²) in [6, 6.07) is 3.15. The standard InChI is InChI=1S/C15H17N3O3S/c19-12-2-1-11(16-8-12)7-14(20)18-15-17-13(9-22-15)10-3-5-21-6-4-10/h1-2,8-10,19H,3-7H2,(H,17,18,20). The Kier molecular flexibility index (Phi) is 4.65. The van der Waals surface area contributed by atoms with Crippen LogP contribution in [0.25, 0.3) is 0 Å². The molecule has 2 aromatic rings. The molecule has 2 aromatic heterocycles. The predicted molar refractivity (Wildman–Crippen MR) is 83.1 cm³/mol. The average molecular weight is 319 g/mol. The van der Waals surface area contributed by atoms with Crippen molar-refractivity contribution in [3.63, 3.8) is 0 Å². The van der Waals surface area contributed by atoms with Gasteiger partial charge in [-0.25, -0.2) is 4.98 Å². The van der Waals surface area contributed by atoms with Crippen LogP contribution in [0.5, 0.6) is 5.75 Å². The van der Waals surface area contributed by atoms with Crippen molar-refractivity contribution in [2.24, 2.45) is 0 Å². The first kappa shape index (κ1) is 14.9. The van der Waals surface area contributed by atoms with E-state index >= 15 is 0 Å². The predicted octanol–water partition coefficient (Wildman–Crippen LogP) is 2.32. The van der Waals surface area contributed by atoms with Gasteiger partial charge in [0.05, 0.1) is 18.3 Å². The van der Waals surface area contributed by atoms with Crippen LogP contribution in [0.4, 0.5) is 5.13 Å². The summed E-state index contributed by atoms with van der Waals surface area (Å²) in [5, 5.41) is 14.6. The summed E-state index contributed by atoms with van der Waals surface area (Å²) < 4.78 is 5.35. The van der Waals surface area contributed by atoms with E-state index in [1.165, 1.54) is 23.6 Å². The lowest BCUT2D eigenvalue weighted by atomic mass is 9.98. The molecule has 2 N–H and O–H groups in total. The molecule has 0 radical (unpaired) electrons. The quantitative estimate of drug-likeness (QED) is 0.903. The number of nitrogens with one attached hydrogen (secondary N) is 1. The number of amides is 1.